The van der Waals surface area contributed by atoms with Gasteiger partial charge in [0.1, 0.15) is 0 Å². The molecule has 62 valence electrons. The molecule has 1 N–H and O–H groups in total. The molecular weight excluding hydrogens is 126 g/mol. The van der Waals surface area contributed by atoms with Gasteiger partial charge in [-0.05, 0) is 26.4 Å². The first kappa shape index (κ1) is 9.92. The summed E-state index contributed by atoms with van der Waals surface area (Å²) < 4.78 is 0. The Kier molecular flexibility index (Phi) is 5.64. The maximum Gasteiger partial charge on any atom is 0.0445 e. The minimum absolute atomic E-state index is 0.303. The zero-order chi connectivity index (χ0) is 7.98. The third-order valence-electron chi connectivity index (χ3n) is 1.98. The molecule has 0 aromatic carbocycles. The van der Waals surface area contributed by atoms with E-state index in [0.29, 0.717) is 12.6 Å². The van der Waals surface area contributed by atoms with Crippen LogP contribution in [0.3, 0.4) is 0 Å². The Morgan fingerprint density at radius 2 is 1.80 bits per heavy atom. The van der Waals surface area contributed by atoms with Gasteiger partial charge in [0.15, 0.2) is 0 Å². The largest absolute Gasteiger partial charge is 0.396 e. The molecular formula is C8H19NO. The number of aliphatic hydroxyl groups excluding tert-OH is 1. The van der Waals surface area contributed by atoms with Crippen molar-refractivity contribution in [3.63, 3.8) is 0 Å². The van der Waals surface area contributed by atoms with Gasteiger partial charge in [-0.2, -0.15) is 0 Å². The molecule has 10 heavy (non-hydrogen) atoms. The van der Waals surface area contributed by atoms with Crippen molar-refractivity contribution >= 4 is 0 Å². The summed E-state index contributed by atoms with van der Waals surface area (Å²) in [6, 6.07) is 0.528. The SMILES string of the molecule is CCN(CC)C(C)CCO. The highest BCUT2D eigenvalue weighted by molar-refractivity contribution is 4.62. The average molecular weight is 145 g/mol. The molecule has 0 fully saturated rings. The van der Waals surface area contributed by atoms with E-state index < -0.39 is 0 Å². The number of rotatable bonds is 5. The Labute approximate surface area is 63.8 Å². The summed E-state index contributed by atoms with van der Waals surface area (Å²) in [4.78, 5) is 2.34. The lowest BCUT2D eigenvalue weighted by Crippen LogP contribution is -2.33. The third-order valence-corrected chi connectivity index (χ3v) is 1.98. The van der Waals surface area contributed by atoms with Crippen LogP contribution in [0.1, 0.15) is 27.2 Å². The van der Waals surface area contributed by atoms with Crippen LogP contribution in [-0.2, 0) is 0 Å². The first-order valence-corrected chi connectivity index (χ1v) is 4.11. The Hall–Kier alpha value is -0.0800. The topological polar surface area (TPSA) is 23.5 Å². The Bertz CT molecular complexity index is 71.7. The molecule has 0 rings (SSSR count). The Morgan fingerprint density at radius 1 is 1.30 bits per heavy atom. The van der Waals surface area contributed by atoms with Crippen LogP contribution in [0.25, 0.3) is 0 Å². The van der Waals surface area contributed by atoms with Crippen molar-refractivity contribution in [3.05, 3.63) is 0 Å². The van der Waals surface area contributed by atoms with Crippen LogP contribution in [0.2, 0.25) is 0 Å². The predicted octanol–water partition coefficient (Wildman–Crippen LogP) is 1.10. The number of nitrogens with zero attached hydrogens (tertiary/aromatic N) is 1. The van der Waals surface area contributed by atoms with E-state index in [9.17, 15) is 0 Å². The molecule has 2 nitrogen and oxygen atoms in total. The van der Waals surface area contributed by atoms with Gasteiger partial charge >= 0.3 is 0 Å². The van der Waals surface area contributed by atoms with E-state index in [1.165, 1.54) is 0 Å². The summed E-state index contributed by atoms with van der Waals surface area (Å²) in [5, 5.41) is 8.65. The second kappa shape index (κ2) is 5.69. The minimum atomic E-state index is 0.303. The molecule has 0 aliphatic heterocycles. The lowest BCUT2D eigenvalue weighted by atomic mass is 10.2. The highest BCUT2D eigenvalue weighted by atomic mass is 16.3. The molecule has 0 heterocycles. The third kappa shape index (κ3) is 3.18. The predicted molar refractivity (Wildman–Crippen MR) is 44.1 cm³/mol. The standard InChI is InChI=1S/C8H19NO/c1-4-9(5-2)8(3)6-7-10/h8,10H,4-7H2,1-3H3. The van der Waals surface area contributed by atoms with Crippen LogP contribution >= 0.6 is 0 Å². The van der Waals surface area contributed by atoms with E-state index in [1.54, 1.807) is 0 Å². The van der Waals surface area contributed by atoms with Gasteiger partial charge in [0.05, 0.1) is 0 Å². The van der Waals surface area contributed by atoms with E-state index in [0.717, 1.165) is 19.5 Å². The quantitative estimate of drug-likeness (QED) is 0.626. The molecule has 1 atom stereocenters. The summed E-state index contributed by atoms with van der Waals surface area (Å²) in [7, 11) is 0. The summed E-state index contributed by atoms with van der Waals surface area (Å²) in [6.45, 7) is 8.92. The molecule has 0 aromatic heterocycles. The molecule has 0 amide bonds. The van der Waals surface area contributed by atoms with E-state index in [4.69, 9.17) is 5.11 Å². The molecule has 2 heteroatoms. The van der Waals surface area contributed by atoms with Crippen molar-refractivity contribution in [1.29, 1.82) is 0 Å². The lowest BCUT2D eigenvalue weighted by Gasteiger charge is -2.25. The molecule has 0 radical (unpaired) electrons. The van der Waals surface area contributed by atoms with E-state index in [2.05, 4.69) is 25.7 Å². The summed E-state index contributed by atoms with van der Waals surface area (Å²) in [5.74, 6) is 0. The van der Waals surface area contributed by atoms with E-state index in [-0.39, 0.29) is 0 Å². The van der Waals surface area contributed by atoms with Crippen LogP contribution in [0, 0.1) is 0 Å². The van der Waals surface area contributed by atoms with Crippen LogP contribution in [0.15, 0.2) is 0 Å². The Balaban J connectivity index is 3.53. The van der Waals surface area contributed by atoms with Gasteiger partial charge in [0, 0.05) is 12.6 Å². The molecule has 0 spiro atoms. The van der Waals surface area contributed by atoms with Crippen molar-refractivity contribution in [2.45, 2.75) is 33.2 Å². The fourth-order valence-corrected chi connectivity index (χ4v) is 1.22. The van der Waals surface area contributed by atoms with Crippen LogP contribution in [-0.4, -0.2) is 35.7 Å². The number of aliphatic hydroxyl groups is 1. The van der Waals surface area contributed by atoms with Crippen molar-refractivity contribution < 1.29 is 5.11 Å². The second-order valence-corrected chi connectivity index (χ2v) is 2.58. The molecule has 0 bridgehead atoms. The second-order valence-electron chi connectivity index (χ2n) is 2.58. The van der Waals surface area contributed by atoms with Gasteiger partial charge in [-0.25, -0.2) is 0 Å². The zero-order valence-electron chi connectivity index (χ0n) is 7.30. The lowest BCUT2D eigenvalue weighted by molar-refractivity contribution is 0.181. The van der Waals surface area contributed by atoms with Gasteiger partial charge < -0.3 is 10.0 Å². The van der Waals surface area contributed by atoms with Crippen LogP contribution in [0.4, 0.5) is 0 Å². The molecule has 0 aromatic rings. The van der Waals surface area contributed by atoms with E-state index >= 15 is 0 Å². The zero-order valence-corrected chi connectivity index (χ0v) is 7.30. The van der Waals surface area contributed by atoms with E-state index in [1.807, 2.05) is 0 Å². The van der Waals surface area contributed by atoms with Crippen LogP contribution < -0.4 is 0 Å². The number of hydrogen-bond acceptors (Lipinski definition) is 2. The van der Waals surface area contributed by atoms with Crippen molar-refractivity contribution in [1.82, 2.24) is 4.90 Å². The van der Waals surface area contributed by atoms with Crippen LogP contribution in [0.5, 0.6) is 0 Å². The number of hydrogen-bond donors (Lipinski definition) is 1. The van der Waals surface area contributed by atoms with Gasteiger partial charge in [-0.3, -0.25) is 0 Å². The molecule has 0 saturated heterocycles. The minimum Gasteiger partial charge on any atom is -0.396 e. The Morgan fingerprint density at radius 3 is 2.10 bits per heavy atom. The van der Waals surface area contributed by atoms with Gasteiger partial charge in [-0.1, -0.05) is 13.8 Å². The smallest absolute Gasteiger partial charge is 0.0445 e. The summed E-state index contributed by atoms with van der Waals surface area (Å²) in [6.07, 6.45) is 0.891. The van der Waals surface area contributed by atoms with Gasteiger partial charge in [0.2, 0.25) is 0 Å². The molecule has 1 unspecified atom stereocenters. The maximum absolute atomic E-state index is 8.65. The van der Waals surface area contributed by atoms with Crippen molar-refractivity contribution in [2.24, 2.45) is 0 Å². The highest BCUT2D eigenvalue weighted by Crippen LogP contribution is 2.01. The van der Waals surface area contributed by atoms with Crippen molar-refractivity contribution in [3.8, 4) is 0 Å². The average Bonchev–Trinajstić information content (AvgIpc) is 1.91. The maximum atomic E-state index is 8.65. The molecule has 0 aliphatic rings. The first-order chi connectivity index (χ1) is 4.76. The van der Waals surface area contributed by atoms with Gasteiger partial charge in [-0.15, -0.1) is 0 Å². The highest BCUT2D eigenvalue weighted by Gasteiger charge is 2.07. The molecule has 0 aliphatic carbocycles. The summed E-state index contributed by atoms with van der Waals surface area (Å²) in [5.41, 5.74) is 0. The molecule has 0 saturated carbocycles. The fourth-order valence-electron chi connectivity index (χ4n) is 1.22. The first-order valence-electron chi connectivity index (χ1n) is 4.11. The normalized spacial score (nSPS) is 14.1. The monoisotopic (exact) mass is 145 g/mol. The fraction of sp³-hybridized carbons (Fsp3) is 1.00. The van der Waals surface area contributed by atoms with Crippen molar-refractivity contribution in [2.75, 3.05) is 19.7 Å². The summed E-state index contributed by atoms with van der Waals surface area (Å²) >= 11 is 0. The van der Waals surface area contributed by atoms with Gasteiger partial charge in [0.25, 0.3) is 0 Å².